The molecule has 126 valence electrons. The van der Waals surface area contributed by atoms with Gasteiger partial charge in [0, 0.05) is 31.0 Å². The largest absolute Gasteiger partial charge is 0.399 e. The van der Waals surface area contributed by atoms with Crippen LogP contribution >= 0.6 is 23.2 Å². The van der Waals surface area contributed by atoms with Crippen LogP contribution in [0.3, 0.4) is 0 Å². The monoisotopic (exact) mass is 368 g/mol. The van der Waals surface area contributed by atoms with Crippen molar-refractivity contribution in [3.8, 4) is 0 Å². The number of carbonyl (C=O) groups is 1. The van der Waals surface area contributed by atoms with Gasteiger partial charge >= 0.3 is 0 Å². The first kappa shape index (κ1) is 18.4. The lowest BCUT2D eigenvalue weighted by atomic mass is 10.0. The first-order valence-electron chi connectivity index (χ1n) is 7.16. The molecule has 0 amide bonds. The van der Waals surface area contributed by atoms with Crippen LogP contribution < -0.4 is 0 Å². The molecule has 0 atom stereocenters. The zero-order chi connectivity index (χ0) is 17.5. The molecular formula is C17H15Cl2FN2O2. The van der Waals surface area contributed by atoms with Crippen molar-refractivity contribution in [2.24, 2.45) is 5.16 Å². The number of aromatic nitrogens is 1. The summed E-state index contributed by atoms with van der Waals surface area (Å²) in [6.07, 6.45) is 3.30. The number of halogens is 3. The van der Waals surface area contributed by atoms with E-state index in [1.807, 2.05) is 0 Å². The number of ketones is 1. The van der Waals surface area contributed by atoms with Gasteiger partial charge in [-0.1, -0.05) is 34.4 Å². The van der Waals surface area contributed by atoms with Gasteiger partial charge in [-0.15, -0.1) is 0 Å². The maximum absolute atomic E-state index is 13.1. The SMILES string of the molecule is CON=C(CCC(=O)Cc1cncc(F)c1)c1ccc(Cl)c(Cl)c1. The van der Waals surface area contributed by atoms with Crippen molar-refractivity contribution in [2.75, 3.05) is 7.11 Å². The highest BCUT2D eigenvalue weighted by atomic mass is 35.5. The molecular weight excluding hydrogens is 354 g/mol. The summed E-state index contributed by atoms with van der Waals surface area (Å²) in [5, 5.41) is 4.78. The Bertz CT molecular complexity index is 766. The van der Waals surface area contributed by atoms with Crippen LogP contribution in [0.1, 0.15) is 24.0 Å². The van der Waals surface area contributed by atoms with Gasteiger partial charge < -0.3 is 4.84 Å². The summed E-state index contributed by atoms with van der Waals surface area (Å²) < 4.78 is 13.1. The summed E-state index contributed by atoms with van der Waals surface area (Å²) in [6, 6.07) is 6.38. The number of pyridine rings is 1. The molecule has 24 heavy (non-hydrogen) atoms. The minimum absolute atomic E-state index is 0.0498. The molecule has 0 radical (unpaired) electrons. The molecule has 2 aromatic rings. The van der Waals surface area contributed by atoms with Crippen LogP contribution in [0.5, 0.6) is 0 Å². The topological polar surface area (TPSA) is 51.5 Å². The van der Waals surface area contributed by atoms with Crippen LogP contribution in [0, 0.1) is 5.82 Å². The average Bonchev–Trinajstić information content (AvgIpc) is 2.54. The third kappa shape index (κ3) is 5.28. The number of benzene rings is 1. The maximum atomic E-state index is 13.1. The highest BCUT2D eigenvalue weighted by Gasteiger charge is 2.11. The van der Waals surface area contributed by atoms with Gasteiger partial charge in [-0.05, 0) is 23.8 Å². The summed E-state index contributed by atoms with van der Waals surface area (Å²) in [5.74, 6) is -0.510. The van der Waals surface area contributed by atoms with Crippen molar-refractivity contribution in [1.82, 2.24) is 4.98 Å². The highest BCUT2D eigenvalue weighted by Crippen LogP contribution is 2.24. The third-order valence-electron chi connectivity index (χ3n) is 3.26. The quantitative estimate of drug-likeness (QED) is 0.535. The van der Waals surface area contributed by atoms with Crippen molar-refractivity contribution in [3.63, 3.8) is 0 Å². The molecule has 1 aromatic carbocycles. The molecule has 1 aromatic heterocycles. The van der Waals surface area contributed by atoms with E-state index in [4.69, 9.17) is 28.0 Å². The van der Waals surface area contributed by atoms with Crippen molar-refractivity contribution in [1.29, 1.82) is 0 Å². The summed E-state index contributed by atoms with van der Waals surface area (Å²) >= 11 is 11.9. The molecule has 0 saturated carbocycles. The summed E-state index contributed by atoms with van der Waals surface area (Å²) in [6.45, 7) is 0. The Morgan fingerprint density at radius 1 is 1.21 bits per heavy atom. The Labute approximate surface area is 149 Å². The van der Waals surface area contributed by atoms with Gasteiger partial charge in [0.25, 0.3) is 0 Å². The molecule has 0 unspecified atom stereocenters. The molecule has 0 saturated heterocycles. The smallest absolute Gasteiger partial charge is 0.141 e. The standard InChI is InChI=1S/C17H15Cl2FN2O2/c1-24-22-17(12-2-4-15(18)16(19)8-12)5-3-14(23)7-11-6-13(20)10-21-9-11/h2,4,6,8-10H,3,5,7H2,1H3. The second-order valence-electron chi connectivity index (χ2n) is 5.08. The van der Waals surface area contributed by atoms with Crippen molar-refractivity contribution >= 4 is 34.7 Å². The normalized spacial score (nSPS) is 11.4. The van der Waals surface area contributed by atoms with Gasteiger partial charge in [0.1, 0.15) is 18.7 Å². The van der Waals surface area contributed by atoms with E-state index in [1.54, 1.807) is 18.2 Å². The van der Waals surface area contributed by atoms with Gasteiger partial charge in [-0.3, -0.25) is 9.78 Å². The third-order valence-corrected chi connectivity index (χ3v) is 4.00. The minimum atomic E-state index is -0.460. The summed E-state index contributed by atoms with van der Waals surface area (Å²) in [5.41, 5.74) is 1.85. The zero-order valence-corrected chi connectivity index (χ0v) is 14.4. The van der Waals surface area contributed by atoms with Gasteiger partial charge in [0.15, 0.2) is 0 Å². The molecule has 0 N–H and O–H groups in total. The zero-order valence-electron chi connectivity index (χ0n) is 12.9. The fourth-order valence-electron chi connectivity index (χ4n) is 2.15. The van der Waals surface area contributed by atoms with E-state index in [2.05, 4.69) is 10.1 Å². The molecule has 7 heteroatoms. The van der Waals surface area contributed by atoms with Crippen LogP contribution in [-0.4, -0.2) is 23.6 Å². The van der Waals surface area contributed by atoms with Gasteiger partial charge in [-0.25, -0.2) is 4.39 Å². The Hall–Kier alpha value is -1.98. The lowest BCUT2D eigenvalue weighted by Crippen LogP contribution is -2.09. The summed E-state index contributed by atoms with van der Waals surface area (Å²) in [7, 11) is 1.43. The maximum Gasteiger partial charge on any atom is 0.141 e. The number of hydrogen-bond donors (Lipinski definition) is 0. The van der Waals surface area contributed by atoms with E-state index >= 15 is 0 Å². The molecule has 0 aliphatic rings. The molecule has 0 spiro atoms. The number of oxime groups is 1. The Balaban J connectivity index is 2.02. The van der Waals surface area contributed by atoms with Crippen LogP contribution in [-0.2, 0) is 16.1 Å². The van der Waals surface area contributed by atoms with E-state index in [-0.39, 0.29) is 18.6 Å². The van der Waals surface area contributed by atoms with Crippen molar-refractivity contribution < 1.29 is 14.0 Å². The number of rotatable bonds is 7. The van der Waals surface area contributed by atoms with Gasteiger partial charge in [0.05, 0.1) is 22.0 Å². The number of hydrogen-bond acceptors (Lipinski definition) is 4. The Morgan fingerprint density at radius 3 is 2.67 bits per heavy atom. The molecule has 0 aliphatic carbocycles. The lowest BCUT2D eigenvalue weighted by Gasteiger charge is -2.07. The van der Waals surface area contributed by atoms with Gasteiger partial charge in [0.2, 0.25) is 0 Å². The molecule has 1 heterocycles. The Morgan fingerprint density at radius 2 is 2.00 bits per heavy atom. The second-order valence-corrected chi connectivity index (χ2v) is 5.89. The van der Waals surface area contributed by atoms with Crippen LogP contribution in [0.2, 0.25) is 10.0 Å². The summed E-state index contributed by atoms with van der Waals surface area (Å²) in [4.78, 5) is 20.7. The molecule has 2 rings (SSSR count). The lowest BCUT2D eigenvalue weighted by molar-refractivity contribution is -0.118. The first-order chi connectivity index (χ1) is 11.5. The molecule has 0 fully saturated rings. The molecule has 4 nitrogen and oxygen atoms in total. The predicted octanol–water partition coefficient (Wildman–Crippen LogP) is 4.47. The predicted molar refractivity (Wildman–Crippen MR) is 92.1 cm³/mol. The average molecular weight is 369 g/mol. The van der Waals surface area contributed by atoms with Gasteiger partial charge in [-0.2, -0.15) is 0 Å². The van der Waals surface area contributed by atoms with E-state index in [0.717, 1.165) is 11.8 Å². The Kier molecular flexibility index (Phi) is 6.70. The molecule has 0 aliphatic heterocycles. The van der Waals surface area contributed by atoms with Crippen LogP contribution in [0.15, 0.2) is 41.8 Å². The van der Waals surface area contributed by atoms with Crippen LogP contribution in [0.4, 0.5) is 4.39 Å². The van der Waals surface area contributed by atoms with E-state index < -0.39 is 5.82 Å². The highest BCUT2D eigenvalue weighted by molar-refractivity contribution is 6.42. The number of Topliss-reactive ketones (excluding diaryl/α,β-unsaturated/α-hetero) is 1. The van der Waals surface area contributed by atoms with E-state index in [1.165, 1.54) is 19.4 Å². The van der Waals surface area contributed by atoms with Crippen molar-refractivity contribution in [2.45, 2.75) is 19.3 Å². The van der Waals surface area contributed by atoms with Crippen molar-refractivity contribution in [3.05, 3.63) is 63.6 Å². The fraction of sp³-hybridized carbons (Fsp3) is 0.235. The second kappa shape index (κ2) is 8.76. The fourth-order valence-corrected chi connectivity index (χ4v) is 2.45. The number of nitrogens with zero attached hydrogens (tertiary/aromatic N) is 2. The van der Waals surface area contributed by atoms with E-state index in [0.29, 0.717) is 27.7 Å². The minimum Gasteiger partial charge on any atom is -0.399 e. The van der Waals surface area contributed by atoms with E-state index in [9.17, 15) is 9.18 Å². The van der Waals surface area contributed by atoms with Crippen LogP contribution in [0.25, 0.3) is 0 Å². The first-order valence-corrected chi connectivity index (χ1v) is 7.91. The number of carbonyl (C=O) groups excluding carboxylic acids is 1. The molecule has 0 bridgehead atoms.